The largest absolute Gasteiger partial charge is 0.396 e. The highest BCUT2D eigenvalue weighted by Crippen LogP contribution is 2.49. The van der Waals surface area contributed by atoms with Crippen molar-refractivity contribution < 1.29 is 5.11 Å². The minimum atomic E-state index is 0.218. The van der Waals surface area contributed by atoms with E-state index in [0.717, 1.165) is 12.8 Å². The van der Waals surface area contributed by atoms with Crippen LogP contribution in [0.25, 0.3) is 0 Å². The first-order valence-electron chi connectivity index (χ1n) is 5.93. The number of hydrogen-bond acceptors (Lipinski definition) is 1. The molecule has 0 aromatic rings. The molecule has 0 spiro atoms. The lowest BCUT2D eigenvalue weighted by molar-refractivity contribution is 0.224. The Hall–Kier alpha value is -0.560. The maximum absolute atomic E-state index is 9.15. The number of allylic oxidation sites excluding steroid dienone is 3. The van der Waals surface area contributed by atoms with Gasteiger partial charge in [0.2, 0.25) is 0 Å². The van der Waals surface area contributed by atoms with Crippen LogP contribution in [0.5, 0.6) is 0 Å². The van der Waals surface area contributed by atoms with E-state index >= 15 is 0 Å². The zero-order chi connectivity index (χ0) is 11.5. The Balaban J connectivity index is 2.73. The van der Waals surface area contributed by atoms with Crippen molar-refractivity contribution in [3.05, 3.63) is 24.3 Å². The summed E-state index contributed by atoms with van der Waals surface area (Å²) < 4.78 is 0. The van der Waals surface area contributed by atoms with Gasteiger partial charge in [-0.3, -0.25) is 0 Å². The van der Waals surface area contributed by atoms with Crippen LogP contribution >= 0.6 is 0 Å². The quantitative estimate of drug-likeness (QED) is 0.700. The lowest BCUT2D eigenvalue weighted by Crippen LogP contribution is -2.27. The van der Waals surface area contributed by atoms with Gasteiger partial charge in [0, 0.05) is 6.61 Å². The molecule has 1 N–H and O–H groups in total. The summed E-state index contributed by atoms with van der Waals surface area (Å²) in [5.74, 6) is 0.318. The molecule has 0 radical (unpaired) electrons. The zero-order valence-corrected chi connectivity index (χ0v) is 10.5. The fourth-order valence-corrected chi connectivity index (χ4v) is 2.01. The first-order valence-corrected chi connectivity index (χ1v) is 5.93. The topological polar surface area (TPSA) is 20.2 Å². The predicted octanol–water partition coefficient (Wildman–Crippen LogP) is 3.55. The normalized spacial score (nSPS) is 31.3. The van der Waals surface area contributed by atoms with E-state index in [2.05, 4.69) is 52.0 Å². The van der Waals surface area contributed by atoms with Gasteiger partial charge in [-0.1, -0.05) is 52.0 Å². The zero-order valence-electron chi connectivity index (χ0n) is 10.5. The van der Waals surface area contributed by atoms with Gasteiger partial charge in [0.15, 0.2) is 0 Å². The third-order valence-electron chi connectivity index (χ3n) is 4.04. The Morgan fingerprint density at radius 3 is 2.47 bits per heavy atom. The molecule has 1 heteroatoms. The molecule has 1 nitrogen and oxygen atoms in total. The molecule has 0 amide bonds. The maximum atomic E-state index is 9.15. The van der Waals surface area contributed by atoms with Crippen molar-refractivity contribution in [2.75, 3.05) is 6.61 Å². The van der Waals surface area contributed by atoms with Crippen molar-refractivity contribution in [1.29, 1.82) is 0 Å². The lowest BCUT2D eigenvalue weighted by Gasteiger charge is -2.35. The summed E-state index contributed by atoms with van der Waals surface area (Å²) >= 11 is 0. The molecule has 1 aliphatic carbocycles. The molecular formula is C14H24O. The minimum Gasteiger partial charge on any atom is -0.396 e. The molecule has 1 aliphatic rings. The van der Waals surface area contributed by atoms with Crippen LogP contribution in [0.4, 0.5) is 0 Å². The summed E-state index contributed by atoms with van der Waals surface area (Å²) in [4.78, 5) is 0. The number of hydrogen-bond donors (Lipinski definition) is 1. The Labute approximate surface area is 93.9 Å². The van der Waals surface area contributed by atoms with Gasteiger partial charge in [0.1, 0.15) is 0 Å². The summed E-state index contributed by atoms with van der Waals surface area (Å²) in [6.45, 7) is 9.23. The molecule has 0 saturated heterocycles. The summed E-state index contributed by atoms with van der Waals surface area (Å²) in [6, 6.07) is 0. The molecule has 2 unspecified atom stereocenters. The van der Waals surface area contributed by atoms with Crippen LogP contribution < -0.4 is 0 Å². The number of rotatable bonds is 4. The van der Waals surface area contributed by atoms with E-state index in [9.17, 15) is 0 Å². The van der Waals surface area contributed by atoms with Gasteiger partial charge in [-0.15, -0.1) is 0 Å². The fourth-order valence-electron chi connectivity index (χ4n) is 2.01. The third kappa shape index (κ3) is 2.52. The van der Waals surface area contributed by atoms with Crippen molar-refractivity contribution in [2.24, 2.45) is 16.7 Å². The molecule has 0 saturated carbocycles. The Morgan fingerprint density at radius 1 is 1.40 bits per heavy atom. The lowest BCUT2D eigenvalue weighted by atomic mass is 9.68. The molecule has 15 heavy (non-hydrogen) atoms. The molecule has 0 aliphatic heterocycles. The van der Waals surface area contributed by atoms with Crippen molar-refractivity contribution >= 4 is 0 Å². The highest BCUT2D eigenvalue weighted by atomic mass is 16.3. The molecule has 0 aromatic carbocycles. The molecule has 0 heterocycles. The highest BCUT2D eigenvalue weighted by molar-refractivity contribution is 5.20. The predicted molar refractivity (Wildman–Crippen MR) is 65.7 cm³/mol. The Kier molecular flexibility index (Phi) is 3.77. The molecule has 86 valence electrons. The van der Waals surface area contributed by atoms with E-state index in [0.29, 0.717) is 5.92 Å². The van der Waals surface area contributed by atoms with E-state index in [1.807, 2.05) is 0 Å². The van der Waals surface area contributed by atoms with Crippen LogP contribution in [0.3, 0.4) is 0 Å². The summed E-state index contributed by atoms with van der Waals surface area (Å²) in [6.07, 6.45) is 11.2. The monoisotopic (exact) mass is 208 g/mol. The van der Waals surface area contributed by atoms with Gasteiger partial charge < -0.3 is 5.11 Å². The standard InChI is InChI=1S/C14H24O/c1-5-12(11-15)7-10-14(4)9-6-8-13(14,2)3/h6-8,10,12,15H,5,9,11H2,1-4H3. The Morgan fingerprint density at radius 2 is 2.07 bits per heavy atom. The smallest absolute Gasteiger partial charge is 0.0493 e. The minimum absolute atomic E-state index is 0.218. The fraction of sp³-hybridized carbons (Fsp3) is 0.714. The van der Waals surface area contributed by atoms with Crippen LogP contribution in [0, 0.1) is 16.7 Å². The van der Waals surface area contributed by atoms with Crippen LogP contribution in [0.1, 0.15) is 40.5 Å². The Bertz CT molecular complexity index is 259. The van der Waals surface area contributed by atoms with Crippen molar-refractivity contribution in [3.8, 4) is 0 Å². The van der Waals surface area contributed by atoms with Crippen LogP contribution in [0.2, 0.25) is 0 Å². The first kappa shape index (κ1) is 12.5. The van der Waals surface area contributed by atoms with Crippen LogP contribution in [0.15, 0.2) is 24.3 Å². The second kappa shape index (κ2) is 4.52. The average molecular weight is 208 g/mol. The van der Waals surface area contributed by atoms with Gasteiger partial charge in [0.25, 0.3) is 0 Å². The second-order valence-electron chi connectivity index (χ2n) is 5.46. The van der Waals surface area contributed by atoms with E-state index < -0.39 is 0 Å². The van der Waals surface area contributed by atoms with Gasteiger partial charge in [-0.05, 0) is 29.6 Å². The van der Waals surface area contributed by atoms with Crippen molar-refractivity contribution in [1.82, 2.24) is 0 Å². The number of aliphatic hydroxyl groups is 1. The number of aliphatic hydroxyl groups excluding tert-OH is 1. The SMILES string of the molecule is CCC(C=CC1(C)CC=CC1(C)C)CO. The van der Waals surface area contributed by atoms with Gasteiger partial charge in [-0.2, -0.15) is 0 Å². The first-order chi connectivity index (χ1) is 6.95. The van der Waals surface area contributed by atoms with Gasteiger partial charge in [-0.25, -0.2) is 0 Å². The van der Waals surface area contributed by atoms with E-state index in [1.165, 1.54) is 0 Å². The second-order valence-corrected chi connectivity index (χ2v) is 5.46. The van der Waals surface area contributed by atoms with Crippen molar-refractivity contribution in [2.45, 2.75) is 40.5 Å². The van der Waals surface area contributed by atoms with E-state index in [1.54, 1.807) is 0 Å². The van der Waals surface area contributed by atoms with E-state index in [-0.39, 0.29) is 17.4 Å². The molecule has 0 bridgehead atoms. The molecular weight excluding hydrogens is 184 g/mol. The maximum Gasteiger partial charge on any atom is 0.0493 e. The molecule has 0 fully saturated rings. The highest BCUT2D eigenvalue weighted by Gasteiger charge is 2.39. The van der Waals surface area contributed by atoms with E-state index in [4.69, 9.17) is 5.11 Å². The van der Waals surface area contributed by atoms with Crippen molar-refractivity contribution in [3.63, 3.8) is 0 Å². The summed E-state index contributed by atoms with van der Waals surface area (Å²) in [5, 5.41) is 9.15. The summed E-state index contributed by atoms with van der Waals surface area (Å²) in [5.41, 5.74) is 0.451. The van der Waals surface area contributed by atoms with Crippen LogP contribution in [-0.2, 0) is 0 Å². The molecule has 1 rings (SSSR count). The van der Waals surface area contributed by atoms with Crippen LogP contribution in [-0.4, -0.2) is 11.7 Å². The molecule has 0 aromatic heterocycles. The molecule has 2 atom stereocenters. The summed E-state index contributed by atoms with van der Waals surface area (Å²) in [7, 11) is 0. The van der Waals surface area contributed by atoms with Gasteiger partial charge in [0.05, 0.1) is 0 Å². The average Bonchev–Trinajstić information content (AvgIpc) is 2.43. The third-order valence-corrected chi connectivity index (χ3v) is 4.04. The van der Waals surface area contributed by atoms with Gasteiger partial charge >= 0.3 is 0 Å².